The maximum absolute atomic E-state index is 13.7. The number of rotatable bonds is 4. The van der Waals surface area contributed by atoms with Gasteiger partial charge in [0.05, 0.1) is 5.69 Å². The van der Waals surface area contributed by atoms with Crippen molar-refractivity contribution in [3.05, 3.63) is 70.7 Å². The molecule has 34 heavy (non-hydrogen) atoms. The van der Waals surface area contributed by atoms with Gasteiger partial charge in [-0.25, -0.2) is 9.07 Å². The van der Waals surface area contributed by atoms with Crippen molar-refractivity contribution in [1.82, 2.24) is 15.1 Å². The highest BCUT2D eigenvalue weighted by atomic mass is 19.4. The van der Waals surface area contributed by atoms with Gasteiger partial charge in [-0.15, -0.1) is 0 Å². The Kier molecular flexibility index (Phi) is 6.09. The van der Waals surface area contributed by atoms with Gasteiger partial charge < -0.3 is 10.6 Å². The fourth-order valence-corrected chi connectivity index (χ4v) is 4.53. The van der Waals surface area contributed by atoms with Crippen LogP contribution in [0.3, 0.4) is 0 Å². The van der Waals surface area contributed by atoms with Crippen LogP contribution in [-0.2, 0) is 4.79 Å². The number of hydrogen-bond acceptors (Lipinski definition) is 3. The average Bonchev–Trinajstić information content (AvgIpc) is 3.09. The van der Waals surface area contributed by atoms with Gasteiger partial charge in [0.15, 0.2) is 0 Å². The van der Waals surface area contributed by atoms with Crippen LogP contribution in [0.2, 0.25) is 0 Å². The first-order chi connectivity index (χ1) is 16.0. The predicted octanol–water partition coefficient (Wildman–Crippen LogP) is 4.89. The first kappa shape index (κ1) is 23.7. The van der Waals surface area contributed by atoms with Crippen molar-refractivity contribution in [2.45, 2.75) is 51.4 Å². The highest BCUT2D eigenvalue weighted by Crippen LogP contribution is 2.45. The maximum atomic E-state index is 13.7. The molecule has 2 aromatic rings. The molecule has 4 rings (SSSR count). The van der Waals surface area contributed by atoms with Crippen molar-refractivity contribution >= 4 is 17.6 Å². The van der Waals surface area contributed by atoms with Crippen molar-refractivity contribution in [2.75, 3.05) is 5.32 Å². The second-order valence-electron chi connectivity index (χ2n) is 8.69. The minimum absolute atomic E-state index is 0.0539. The molecule has 2 aliphatic rings. The van der Waals surface area contributed by atoms with Crippen molar-refractivity contribution in [2.24, 2.45) is 5.92 Å². The monoisotopic (exact) mass is 476 g/mol. The van der Waals surface area contributed by atoms with E-state index < -0.39 is 47.7 Å². The lowest BCUT2D eigenvalue weighted by Gasteiger charge is -2.37. The van der Waals surface area contributed by atoms with E-state index in [9.17, 15) is 27.2 Å². The van der Waals surface area contributed by atoms with Gasteiger partial charge in [0.25, 0.3) is 5.91 Å². The molecule has 6 nitrogen and oxygen atoms in total. The Morgan fingerprint density at radius 2 is 2.03 bits per heavy atom. The van der Waals surface area contributed by atoms with Gasteiger partial charge in [-0.05, 0) is 57.4 Å². The molecule has 0 bridgehead atoms. The molecule has 1 aromatic heterocycles. The molecular formula is C24H24F4N4O2. The normalized spacial score (nSPS) is 23.1. The summed E-state index contributed by atoms with van der Waals surface area (Å²) in [6, 6.07) is 3.74. The number of fused-ring (bicyclic) bond motifs is 1. The zero-order chi connectivity index (χ0) is 24.8. The van der Waals surface area contributed by atoms with Crippen molar-refractivity contribution in [3.8, 4) is 0 Å². The van der Waals surface area contributed by atoms with Crippen LogP contribution in [0.5, 0.6) is 0 Å². The van der Waals surface area contributed by atoms with E-state index in [2.05, 4.69) is 15.7 Å². The molecule has 0 saturated carbocycles. The lowest BCUT2D eigenvalue weighted by Crippen LogP contribution is -2.52. The third-order valence-corrected chi connectivity index (χ3v) is 6.30. The Morgan fingerprint density at radius 1 is 1.29 bits per heavy atom. The molecule has 1 aliphatic heterocycles. The fourth-order valence-electron chi connectivity index (χ4n) is 4.53. The molecule has 10 heteroatoms. The van der Waals surface area contributed by atoms with Crippen LogP contribution in [-0.4, -0.2) is 33.8 Å². The van der Waals surface area contributed by atoms with Crippen molar-refractivity contribution in [3.63, 3.8) is 0 Å². The van der Waals surface area contributed by atoms with Gasteiger partial charge in [0, 0.05) is 17.0 Å². The summed E-state index contributed by atoms with van der Waals surface area (Å²) in [5.74, 6) is -2.82. The molecule has 4 atom stereocenters. The molecule has 180 valence electrons. The first-order valence-electron chi connectivity index (χ1n) is 10.9. The summed E-state index contributed by atoms with van der Waals surface area (Å²) < 4.78 is 54.9. The summed E-state index contributed by atoms with van der Waals surface area (Å²) in [5, 5.41) is 9.37. The van der Waals surface area contributed by atoms with Crippen LogP contribution in [0.4, 0.5) is 23.4 Å². The highest BCUT2D eigenvalue weighted by molar-refractivity contribution is 6.03. The standard InChI is InChI=1S/C24H24F4N4O2/c1-12-5-4-6-16(11-12)22(33)29-20-19(15-7-9-17(25)10-8-15)18-13(2)31-32(14(3)24(26,27)28)21(18)30-23(20)34/h4-7,9-11,14-15,19-20H,8H2,1-3H3,(H,29,33)(H,30,34)/t14?,15?,19-,20-/m0/s1. The number of aryl methyl sites for hydroxylation is 2. The Bertz CT molecular complexity index is 1200. The number of allylic oxidation sites excluding steroid dienone is 4. The number of carbonyl (C=O) groups excluding carboxylic acids is 2. The fraction of sp³-hybridized carbons (Fsp3) is 0.375. The zero-order valence-electron chi connectivity index (χ0n) is 18.8. The quantitative estimate of drug-likeness (QED) is 0.618. The molecule has 2 unspecified atom stereocenters. The molecule has 1 aliphatic carbocycles. The van der Waals surface area contributed by atoms with Crippen LogP contribution in [0, 0.1) is 19.8 Å². The Morgan fingerprint density at radius 3 is 2.65 bits per heavy atom. The number of benzene rings is 1. The van der Waals surface area contributed by atoms with Crippen LogP contribution in [0.25, 0.3) is 0 Å². The summed E-state index contributed by atoms with van der Waals surface area (Å²) in [5.41, 5.74) is 1.90. The predicted molar refractivity (Wildman–Crippen MR) is 118 cm³/mol. The summed E-state index contributed by atoms with van der Waals surface area (Å²) >= 11 is 0. The number of anilines is 1. The summed E-state index contributed by atoms with van der Waals surface area (Å²) in [4.78, 5) is 26.2. The Balaban J connectivity index is 1.78. The number of alkyl halides is 3. The third kappa shape index (κ3) is 4.36. The molecule has 0 fully saturated rings. The van der Waals surface area contributed by atoms with Crippen molar-refractivity contribution in [1.29, 1.82) is 0 Å². The minimum Gasteiger partial charge on any atom is -0.340 e. The van der Waals surface area contributed by atoms with Gasteiger partial charge in [0.1, 0.15) is 23.7 Å². The second kappa shape index (κ2) is 8.73. The minimum atomic E-state index is -4.58. The second-order valence-corrected chi connectivity index (χ2v) is 8.69. The van der Waals surface area contributed by atoms with E-state index in [1.54, 1.807) is 31.2 Å². The molecular weight excluding hydrogens is 452 g/mol. The van der Waals surface area contributed by atoms with Crippen LogP contribution in [0.1, 0.15) is 52.5 Å². The van der Waals surface area contributed by atoms with E-state index in [1.165, 1.54) is 12.2 Å². The number of nitrogens with zero attached hydrogens (tertiary/aromatic N) is 2. The van der Waals surface area contributed by atoms with E-state index in [0.717, 1.165) is 17.2 Å². The van der Waals surface area contributed by atoms with Gasteiger partial charge in [0.2, 0.25) is 5.91 Å². The number of aromatic nitrogens is 2. The van der Waals surface area contributed by atoms with Crippen molar-refractivity contribution < 1.29 is 27.2 Å². The maximum Gasteiger partial charge on any atom is 0.410 e. The smallest absolute Gasteiger partial charge is 0.340 e. The lowest BCUT2D eigenvalue weighted by molar-refractivity contribution is -0.165. The van der Waals surface area contributed by atoms with Gasteiger partial charge in [-0.3, -0.25) is 9.59 Å². The molecule has 0 saturated heterocycles. The first-order valence-corrected chi connectivity index (χ1v) is 10.9. The number of hydrogen-bond donors (Lipinski definition) is 2. The number of carbonyl (C=O) groups is 2. The van der Waals surface area contributed by atoms with Crippen LogP contribution < -0.4 is 10.6 Å². The summed E-state index contributed by atoms with van der Waals surface area (Å²) in [6.07, 6.45) is -0.167. The molecule has 0 spiro atoms. The van der Waals surface area contributed by atoms with E-state index in [1.807, 2.05) is 13.0 Å². The van der Waals surface area contributed by atoms with E-state index in [4.69, 9.17) is 0 Å². The van der Waals surface area contributed by atoms with Crippen LogP contribution >= 0.6 is 0 Å². The molecule has 1 aromatic carbocycles. The van der Waals surface area contributed by atoms with E-state index in [-0.39, 0.29) is 12.2 Å². The molecule has 2 N–H and O–H groups in total. The van der Waals surface area contributed by atoms with Crippen LogP contribution in [0.15, 0.2) is 48.3 Å². The molecule has 0 radical (unpaired) electrons. The Labute approximate surface area is 193 Å². The molecule has 2 amide bonds. The molecule has 2 heterocycles. The summed E-state index contributed by atoms with van der Waals surface area (Å²) in [6.45, 7) is 4.34. The van der Waals surface area contributed by atoms with Gasteiger partial charge in [-0.2, -0.15) is 18.3 Å². The number of nitrogens with one attached hydrogen (secondary N) is 2. The van der Waals surface area contributed by atoms with Gasteiger partial charge in [-0.1, -0.05) is 23.8 Å². The third-order valence-electron chi connectivity index (χ3n) is 6.30. The average molecular weight is 476 g/mol. The zero-order valence-corrected chi connectivity index (χ0v) is 18.8. The largest absolute Gasteiger partial charge is 0.410 e. The summed E-state index contributed by atoms with van der Waals surface area (Å²) in [7, 11) is 0. The lowest BCUT2D eigenvalue weighted by atomic mass is 9.75. The number of amides is 2. The number of halogens is 4. The Hall–Kier alpha value is -3.43. The topological polar surface area (TPSA) is 76.0 Å². The van der Waals surface area contributed by atoms with Gasteiger partial charge >= 0.3 is 6.18 Å². The SMILES string of the molecule is Cc1cccc(C(=O)N[C@@H]2C(=O)Nc3c(c(C)nn3C(C)C(F)(F)F)[C@@H]2C2C=CC(F)=CC2)c1. The highest BCUT2D eigenvalue weighted by Gasteiger charge is 2.47. The van der Waals surface area contributed by atoms with E-state index in [0.29, 0.717) is 16.8 Å². The van der Waals surface area contributed by atoms with E-state index >= 15 is 0 Å².